The van der Waals surface area contributed by atoms with Crippen molar-refractivity contribution >= 4 is 55.6 Å². The third-order valence-corrected chi connectivity index (χ3v) is 4.34. The Labute approximate surface area is 167 Å². The summed E-state index contributed by atoms with van der Waals surface area (Å²) >= 11 is 6.62. The molecule has 0 aliphatic heterocycles. The van der Waals surface area contributed by atoms with Gasteiger partial charge in [-0.05, 0) is 48.9 Å². The summed E-state index contributed by atoms with van der Waals surface area (Å²) in [5.41, 5.74) is 3.56. The topological polar surface area (TPSA) is 90.8 Å². The molecule has 26 heavy (non-hydrogen) atoms. The number of nitrogens with one attached hydrogen (secondary N) is 2. The predicted octanol–water partition coefficient (Wildman–Crippen LogP) is 4.18. The number of hydrogen-bond donors (Lipinski definition) is 3. The van der Waals surface area contributed by atoms with Gasteiger partial charge in [-0.15, -0.1) is 0 Å². The summed E-state index contributed by atoms with van der Waals surface area (Å²) in [5, 5.41) is 16.2. The maximum Gasteiger partial charge on any atom is 0.240 e. The zero-order chi connectivity index (χ0) is 18.9. The van der Waals surface area contributed by atoms with Crippen LogP contribution in [0.4, 0.5) is 5.69 Å². The molecule has 0 aliphatic carbocycles. The minimum Gasteiger partial charge on any atom is -0.507 e. The highest BCUT2D eigenvalue weighted by atomic mass is 79.9. The van der Waals surface area contributed by atoms with Gasteiger partial charge in [-0.1, -0.05) is 31.9 Å². The van der Waals surface area contributed by atoms with Gasteiger partial charge in [-0.3, -0.25) is 9.59 Å². The smallest absolute Gasteiger partial charge is 0.240 e. The van der Waals surface area contributed by atoms with E-state index in [0.29, 0.717) is 17.7 Å². The van der Waals surface area contributed by atoms with E-state index in [-0.39, 0.29) is 30.4 Å². The van der Waals surface area contributed by atoms with Gasteiger partial charge >= 0.3 is 0 Å². The number of carbonyl (C=O) groups is 2. The summed E-state index contributed by atoms with van der Waals surface area (Å²) in [6.07, 6.45) is 2.18. The first-order chi connectivity index (χ1) is 12.4. The van der Waals surface area contributed by atoms with Crippen LogP contribution in [0.25, 0.3) is 0 Å². The fraction of sp³-hybridized carbons (Fsp3) is 0.167. The molecule has 0 unspecified atom stereocenters. The highest BCUT2D eigenvalue weighted by Crippen LogP contribution is 2.20. The third kappa shape index (κ3) is 6.97. The van der Waals surface area contributed by atoms with Crippen LogP contribution in [0.3, 0.4) is 0 Å². The van der Waals surface area contributed by atoms with Crippen LogP contribution in [0.5, 0.6) is 5.75 Å². The summed E-state index contributed by atoms with van der Waals surface area (Å²) in [5.74, 6) is -0.384. The molecule has 2 rings (SSSR count). The number of aromatic hydroxyl groups is 1. The van der Waals surface area contributed by atoms with Gasteiger partial charge in [0.05, 0.1) is 6.21 Å². The molecule has 0 saturated carbocycles. The van der Waals surface area contributed by atoms with Crippen LogP contribution < -0.4 is 10.7 Å². The first-order valence-corrected chi connectivity index (χ1v) is 9.38. The van der Waals surface area contributed by atoms with E-state index in [1.807, 2.05) is 12.1 Å². The van der Waals surface area contributed by atoms with Crippen LogP contribution in [0.2, 0.25) is 0 Å². The Balaban J connectivity index is 1.70. The van der Waals surface area contributed by atoms with Crippen molar-refractivity contribution in [3.05, 3.63) is 57.0 Å². The molecule has 6 nitrogen and oxygen atoms in total. The highest BCUT2D eigenvalue weighted by Gasteiger charge is 2.05. The number of benzene rings is 2. The number of hydrogen-bond acceptors (Lipinski definition) is 4. The van der Waals surface area contributed by atoms with Gasteiger partial charge in [0, 0.05) is 33.0 Å². The molecule has 2 aromatic rings. The molecule has 0 radical (unpaired) electrons. The molecule has 0 spiro atoms. The van der Waals surface area contributed by atoms with Gasteiger partial charge in [0.1, 0.15) is 5.75 Å². The molecule has 136 valence electrons. The molecule has 3 N–H and O–H groups in total. The summed E-state index contributed by atoms with van der Waals surface area (Å²) in [6.45, 7) is 0. The second-order valence-corrected chi connectivity index (χ2v) is 7.24. The molecule has 8 heteroatoms. The van der Waals surface area contributed by atoms with Crippen LogP contribution in [-0.2, 0) is 9.59 Å². The van der Waals surface area contributed by atoms with Crippen LogP contribution in [0.1, 0.15) is 24.8 Å². The van der Waals surface area contributed by atoms with Crippen LogP contribution >= 0.6 is 31.9 Å². The quantitative estimate of drug-likeness (QED) is 0.408. The summed E-state index contributed by atoms with van der Waals surface area (Å²) in [7, 11) is 0. The summed E-state index contributed by atoms with van der Waals surface area (Å²) < 4.78 is 1.73. The Kier molecular flexibility index (Phi) is 7.80. The Hall–Kier alpha value is -2.19. The molecule has 2 amide bonds. The summed E-state index contributed by atoms with van der Waals surface area (Å²) in [4.78, 5) is 23.6. The molecule has 2 aromatic carbocycles. The van der Waals surface area contributed by atoms with Crippen LogP contribution in [0.15, 0.2) is 56.5 Å². The Morgan fingerprint density at radius 1 is 1.00 bits per heavy atom. The molecule has 0 bridgehead atoms. The average molecular weight is 483 g/mol. The van der Waals surface area contributed by atoms with E-state index in [0.717, 1.165) is 8.95 Å². The minimum absolute atomic E-state index is 0.0656. The second kappa shape index (κ2) is 10.1. The lowest BCUT2D eigenvalue weighted by Gasteiger charge is -2.05. The van der Waals surface area contributed by atoms with E-state index in [1.54, 1.807) is 24.3 Å². The van der Waals surface area contributed by atoms with Crippen molar-refractivity contribution < 1.29 is 14.7 Å². The second-order valence-electron chi connectivity index (χ2n) is 5.40. The molecular weight excluding hydrogens is 466 g/mol. The van der Waals surface area contributed by atoms with Gasteiger partial charge in [0.2, 0.25) is 11.8 Å². The number of rotatable bonds is 7. The number of phenols is 1. The number of halogens is 2. The fourth-order valence-electron chi connectivity index (χ4n) is 2.02. The maximum absolute atomic E-state index is 11.8. The van der Waals surface area contributed by atoms with Crippen LogP contribution in [0, 0.1) is 0 Å². The van der Waals surface area contributed by atoms with E-state index in [2.05, 4.69) is 47.7 Å². The first-order valence-electron chi connectivity index (χ1n) is 7.80. The van der Waals surface area contributed by atoms with Crippen molar-refractivity contribution in [3.8, 4) is 5.75 Å². The molecule has 0 saturated heterocycles. The van der Waals surface area contributed by atoms with E-state index < -0.39 is 0 Å². The maximum atomic E-state index is 11.8. The van der Waals surface area contributed by atoms with Gasteiger partial charge in [-0.25, -0.2) is 5.43 Å². The molecule has 0 heterocycles. The number of phenolic OH excluding ortho intramolecular Hbond substituents is 1. The van der Waals surface area contributed by atoms with Crippen molar-refractivity contribution in [2.75, 3.05) is 5.32 Å². The van der Waals surface area contributed by atoms with Crippen molar-refractivity contribution in [2.45, 2.75) is 19.3 Å². The molecular formula is C18H17Br2N3O3. The number of carbonyl (C=O) groups excluding carboxylic acids is 2. The third-order valence-electron chi connectivity index (χ3n) is 3.32. The average Bonchev–Trinajstić information content (AvgIpc) is 2.60. The van der Waals surface area contributed by atoms with Crippen molar-refractivity contribution in [1.82, 2.24) is 5.43 Å². The molecule has 0 fully saturated rings. The van der Waals surface area contributed by atoms with E-state index in [4.69, 9.17) is 0 Å². The SMILES string of the molecule is O=C(CCCC(=O)Nc1ccc(Br)cc1)NN=Cc1cc(Br)ccc1O. The Morgan fingerprint density at radius 3 is 2.38 bits per heavy atom. The van der Waals surface area contributed by atoms with Gasteiger partial charge in [-0.2, -0.15) is 5.10 Å². The minimum atomic E-state index is -0.299. The van der Waals surface area contributed by atoms with Crippen molar-refractivity contribution in [3.63, 3.8) is 0 Å². The largest absolute Gasteiger partial charge is 0.507 e. The molecule has 0 aromatic heterocycles. The van der Waals surface area contributed by atoms with Gasteiger partial charge in [0.15, 0.2) is 0 Å². The number of hydrazone groups is 1. The van der Waals surface area contributed by atoms with E-state index in [1.165, 1.54) is 12.3 Å². The highest BCUT2D eigenvalue weighted by molar-refractivity contribution is 9.10. The van der Waals surface area contributed by atoms with Crippen molar-refractivity contribution in [1.29, 1.82) is 0 Å². The van der Waals surface area contributed by atoms with E-state index in [9.17, 15) is 14.7 Å². The zero-order valence-corrected chi connectivity index (χ0v) is 16.9. The fourth-order valence-corrected chi connectivity index (χ4v) is 2.67. The zero-order valence-electron chi connectivity index (χ0n) is 13.7. The normalized spacial score (nSPS) is 10.7. The standard InChI is InChI=1S/C18H17Br2N3O3/c19-13-4-7-15(8-5-13)22-17(25)2-1-3-18(26)23-21-11-12-10-14(20)6-9-16(12)24/h4-11,24H,1-3H2,(H,22,25)(H,23,26). The summed E-state index contributed by atoms with van der Waals surface area (Å²) in [6, 6.07) is 12.2. The van der Waals surface area contributed by atoms with Crippen LogP contribution in [-0.4, -0.2) is 23.1 Å². The lowest BCUT2D eigenvalue weighted by Crippen LogP contribution is -2.18. The number of amides is 2. The molecule has 0 aliphatic rings. The first kappa shape index (κ1) is 20.1. The monoisotopic (exact) mass is 481 g/mol. The lowest BCUT2D eigenvalue weighted by atomic mass is 10.2. The van der Waals surface area contributed by atoms with Gasteiger partial charge < -0.3 is 10.4 Å². The van der Waals surface area contributed by atoms with Crippen molar-refractivity contribution in [2.24, 2.45) is 5.10 Å². The predicted molar refractivity (Wildman–Crippen MR) is 108 cm³/mol. The van der Waals surface area contributed by atoms with Gasteiger partial charge in [0.25, 0.3) is 0 Å². The lowest BCUT2D eigenvalue weighted by molar-refractivity contribution is -0.121. The Morgan fingerprint density at radius 2 is 1.65 bits per heavy atom. The molecule has 0 atom stereocenters. The van der Waals surface area contributed by atoms with E-state index >= 15 is 0 Å². The Bertz CT molecular complexity index is 808. The number of nitrogens with zero attached hydrogens (tertiary/aromatic N) is 1. The number of anilines is 1.